The van der Waals surface area contributed by atoms with Gasteiger partial charge in [0.2, 0.25) is 0 Å². The Hall–Kier alpha value is -2.62. The van der Waals surface area contributed by atoms with Gasteiger partial charge in [-0.25, -0.2) is 4.98 Å². The van der Waals surface area contributed by atoms with E-state index < -0.39 is 5.91 Å². The third-order valence-corrected chi connectivity index (χ3v) is 4.25. The fourth-order valence-electron chi connectivity index (χ4n) is 3.17. The summed E-state index contributed by atoms with van der Waals surface area (Å²) in [5, 5.41) is 0. The molecular weight excluding hydrogens is 286 g/mol. The summed E-state index contributed by atoms with van der Waals surface area (Å²) in [4.78, 5) is 16.6. The summed E-state index contributed by atoms with van der Waals surface area (Å²) in [6.45, 7) is 6.06. The average molecular weight is 307 g/mol. The number of carbonyl (C=O) groups excluding carboxylic acids is 1. The highest BCUT2D eigenvalue weighted by atomic mass is 16.1. The summed E-state index contributed by atoms with van der Waals surface area (Å²) in [7, 11) is 0. The van der Waals surface area contributed by atoms with Gasteiger partial charge in [-0.2, -0.15) is 0 Å². The first kappa shape index (κ1) is 15.3. The van der Waals surface area contributed by atoms with Crippen LogP contribution < -0.4 is 5.73 Å². The Morgan fingerprint density at radius 3 is 2.61 bits per heavy atom. The van der Waals surface area contributed by atoms with Crippen molar-refractivity contribution in [3.05, 3.63) is 70.7 Å². The number of hydrogen-bond acceptors (Lipinski definition) is 2. The molecule has 2 aromatic heterocycles. The Kier molecular flexibility index (Phi) is 3.90. The van der Waals surface area contributed by atoms with Gasteiger partial charge in [0.05, 0.1) is 5.56 Å². The van der Waals surface area contributed by atoms with Crippen LogP contribution in [0.3, 0.4) is 0 Å². The Morgan fingerprint density at radius 2 is 1.96 bits per heavy atom. The highest BCUT2D eigenvalue weighted by molar-refractivity contribution is 6.01. The fourth-order valence-corrected chi connectivity index (χ4v) is 3.17. The van der Waals surface area contributed by atoms with E-state index in [1.165, 1.54) is 5.56 Å². The molecule has 0 radical (unpaired) electrons. The SMILES string of the molecule is Cc1cc(C)n2cc(C(C)Cc3ccccc3)c(C(N)=O)c2n1. The number of fused-ring (bicyclic) bond motifs is 1. The van der Waals surface area contributed by atoms with E-state index in [1.807, 2.05) is 48.7 Å². The number of amides is 1. The van der Waals surface area contributed by atoms with Crippen LogP contribution in [0.4, 0.5) is 0 Å². The lowest BCUT2D eigenvalue weighted by atomic mass is 9.93. The molecule has 1 atom stereocenters. The van der Waals surface area contributed by atoms with E-state index in [-0.39, 0.29) is 5.92 Å². The zero-order valence-electron chi connectivity index (χ0n) is 13.7. The van der Waals surface area contributed by atoms with Gasteiger partial charge in [-0.05, 0) is 43.4 Å². The molecule has 3 rings (SSSR count). The first-order valence-corrected chi connectivity index (χ1v) is 7.80. The summed E-state index contributed by atoms with van der Waals surface area (Å²) >= 11 is 0. The third-order valence-electron chi connectivity index (χ3n) is 4.25. The summed E-state index contributed by atoms with van der Waals surface area (Å²) < 4.78 is 1.96. The number of carbonyl (C=O) groups is 1. The third kappa shape index (κ3) is 2.84. The Morgan fingerprint density at radius 1 is 1.26 bits per heavy atom. The van der Waals surface area contributed by atoms with Gasteiger partial charge in [-0.1, -0.05) is 37.3 Å². The van der Waals surface area contributed by atoms with Crippen molar-refractivity contribution >= 4 is 11.6 Å². The van der Waals surface area contributed by atoms with E-state index in [4.69, 9.17) is 5.73 Å². The van der Waals surface area contributed by atoms with Crippen LogP contribution in [0, 0.1) is 13.8 Å². The molecule has 2 N–H and O–H groups in total. The molecule has 2 heterocycles. The second kappa shape index (κ2) is 5.88. The minimum absolute atomic E-state index is 0.182. The van der Waals surface area contributed by atoms with Crippen LogP contribution in [0.15, 0.2) is 42.6 Å². The molecule has 0 bridgehead atoms. The second-order valence-electron chi connectivity index (χ2n) is 6.15. The monoisotopic (exact) mass is 307 g/mol. The average Bonchev–Trinajstić information content (AvgIpc) is 2.88. The zero-order chi connectivity index (χ0) is 16.6. The van der Waals surface area contributed by atoms with E-state index in [1.54, 1.807) is 0 Å². The smallest absolute Gasteiger partial charge is 0.252 e. The van der Waals surface area contributed by atoms with E-state index in [9.17, 15) is 4.79 Å². The largest absolute Gasteiger partial charge is 0.365 e. The van der Waals surface area contributed by atoms with Gasteiger partial charge in [0.1, 0.15) is 5.65 Å². The van der Waals surface area contributed by atoms with Crippen molar-refractivity contribution in [3.63, 3.8) is 0 Å². The van der Waals surface area contributed by atoms with E-state index in [2.05, 4.69) is 24.0 Å². The maximum atomic E-state index is 12.0. The van der Waals surface area contributed by atoms with Gasteiger partial charge < -0.3 is 10.1 Å². The van der Waals surface area contributed by atoms with E-state index in [0.717, 1.165) is 23.4 Å². The van der Waals surface area contributed by atoms with Crippen molar-refractivity contribution in [2.24, 2.45) is 5.73 Å². The standard InChI is InChI=1S/C19H21N3O/c1-12(9-15-7-5-4-6-8-15)16-11-22-14(3)10-13(2)21-19(22)17(16)18(20)23/h4-8,10-12H,9H2,1-3H3,(H2,20,23). The van der Waals surface area contributed by atoms with Crippen LogP contribution in [0.25, 0.3) is 5.65 Å². The molecule has 1 unspecified atom stereocenters. The van der Waals surface area contributed by atoms with Gasteiger partial charge in [-0.15, -0.1) is 0 Å². The molecular formula is C19H21N3O. The van der Waals surface area contributed by atoms with Crippen molar-refractivity contribution in [3.8, 4) is 0 Å². The number of nitrogens with zero attached hydrogens (tertiary/aromatic N) is 2. The molecule has 0 saturated carbocycles. The number of aromatic nitrogens is 2. The van der Waals surface area contributed by atoms with Crippen molar-refractivity contribution in [1.29, 1.82) is 0 Å². The molecule has 0 aliphatic heterocycles. The van der Waals surface area contributed by atoms with Crippen LogP contribution in [0.2, 0.25) is 0 Å². The Bertz CT molecular complexity index is 865. The van der Waals surface area contributed by atoms with Crippen LogP contribution >= 0.6 is 0 Å². The lowest BCUT2D eigenvalue weighted by molar-refractivity contribution is 0.100. The number of aryl methyl sites for hydroxylation is 2. The lowest BCUT2D eigenvalue weighted by Gasteiger charge is -2.11. The van der Waals surface area contributed by atoms with Crippen LogP contribution in [-0.4, -0.2) is 15.3 Å². The molecule has 0 fully saturated rings. The lowest BCUT2D eigenvalue weighted by Crippen LogP contribution is -2.15. The summed E-state index contributed by atoms with van der Waals surface area (Å²) in [5.74, 6) is -0.235. The first-order chi connectivity index (χ1) is 11.0. The molecule has 1 amide bonds. The predicted molar refractivity (Wildman–Crippen MR) is 91.7 cm³/mol. The van der Waals surface area contributed by atoms with Crippen molar-refractivity contribution < 1.29 is 4.79 Å². The van der Waals surface area contributed by atoms with Crippen molar-refractivity contribution in [2.75, 3.05) is 0 Å². The van der Waals surface area contributed by atoms with Crippen LogP contribution in [-0.2, 0) is 6.42 Å². The zero-order valence-corrected chi connectivity index (χ0v) is 13.7. The number of benzene rings is 1. The maximum absolute atomic E-state index is 12.0. The highest BCUT2D eigenvalue weighted by Crippen LogP contribution is 2.28. The quantitative estimate of drug-likeness (QED) is 0.803. The molecule has 23 heavy (non-hydrogen) atoms. The summed E-state index contributed by atoms with van der Waals surface area (Å²) in [6, 6.07) is 12.3. The van der Waals surface area contributed by atoms with Gasteiger partial charge >= 0.3 is 0 Å². The van der Waals surface area contributed by atoms with Gasteiger partial charge in [-0.3, -0.25) is 4.79 Å². The van der Waals surface area contributed by atoms with Gasteiger partial charge in [0.25, 0.3) is 5.91 Å². The molecule has 0 saturated heterocycles. The fraction of sp³-hybridized carbons (Fsp3) is 0.263. The molecule has 118 valence electrons. The minimum atomic E-state index is -0.417. The number of primary amides is 1. The second-order valence-corrected chi connectivity index (χ2v) is 6.15. The summed E-state index contributed by atoms with van der Waals surface area (Å²) in [5.41, 5.74) is 11.0. The molecule has 4 heteroatoms. The molecule has 4 nitrogen and oxygen atoms in total. The topological polar surface area (TPSA) is 60.4 Å². The summed E-state index contributed by atoms with van der Waals surface area (Å²) in [6.07, 6.45) is 2.86. The first-order valence-electron chi connectivity index (χ1n) is 7.80. The number of hydrogen-bond donors (Lipinski definition) is 1. The minimum Gasteiger partial charge on any atom is -0.365 e. The van der Waals surface area contributed by atoms with Gasteiger partial charge in [0.15, 0.2) is 0 Å². The Labute approximate surface area is 136 Å². The van der Waals surface area contributed by atoms with E-state index in [0.29, 0.717) is 11.2 Å². The van der Waals surface area contributed by atoms with Gasteiger partial charge in [0, 0.05) is 17.6 Å². The van der Waals surface area contributed by atoms with Crippen molar-refractivity contribution in [1.82, 2.24) is 9.38 Å². The molecule has 0 aliphatic rings. The molecule has 0 aliphatic carbocycles. The maximum Gasteiger partial charge on any atom is 0.252 e. The molecule has 1 aromatic carbocycles. The highest BCUT2D eigenvalue weighted by Gasteiger charge is 2.22. The normalized spacial score (nSPS) is 12.5. The van der Waals surface area contributed by atoms with Crippen LogP contribution in [0.5, 0.6) is 0 Å². The number of rotatable bonds is 4. The van der Waals surface area contributed by atoms with Crippen LogP contribution in [0.1, 0.15) is 45.7 Å². The predicted octanol–water partition coefficient (Wildman–Crippen LogP) is 3.40. The molecule has 3 aromatic rings. The van der Waals surface area contributed by atoms with Crippen molar-refractivity contribution in [2.45, 2.75) is 33.1 Å². The number of nitrogens with two attached hydrogens (primary N) is 1. The molecule has 0 spiro atoms. The Balaban J connectivity index is 2.11. The van der Waals surface area contributed by atoms with E-state index >= 15 is 0 Å².